The topological polar surface area (TPSA) is 12.0 Å². The summed E-state index contributed by atoms with van der Waals surface area (Å²) in [5.41, 5.74) is 1.78. The minimum Gasteiger partial charge on any atom is -0.309 e. The highest BCUT2D eigenvalue weighted by atomic mass is 32.1. The van der Waals surface area contributed by atoms with E-state index in [4.69, 9.17) is 0 Å². The van der Waals surface area contributed by atoms with Gasteiger partial charge >= 0.3 is 0 Å². The lowest BCUT2D eigenvalue weighted by molar-refractivity contribution is 0.579. The summed E-state index contributed by atoms with van der Waals surface area (Å²) in [7, 11) is 1.87. The van der Waals surface area contributed by atoms with Crippen LogP contribution in [0.25, 0.3) is 10.1 Å². The minimum absolute atomic E-state index is 0.104. The predicted molar refractivity (Wildman–Crippen MR) is 83.9 cm³/mol. The molecular weight excluding hydrogens is 269 g/mol. The van der Waals surface area contributed by atoms with Crippen molar-refractivity contribution in [3.63, 3.8) is 0 Å². The second-order valence-corrected chi connectivity index (χ2v) is 6.05. The van der Waals surface area contributed by atoms with E-state index in [0.717, 1.165) is 10.4 Å². The molecule has 3 aromatic rings. The van der Waals surface area contributed by atoms with Crippen molar-refractivity contribution < 1.29 is 4.39 Å². The van der Waals surface area contributed by atoms with Crippen LogP contribution in [-0.2, 0) is 0 Å². The molecule has 1 atom stereocenters. The first-order chi connectivity index (χ1) is 9.69. The zero-order valence-electron chi connectivity index (χ0n) is 11.5. The van der Waals surface area contributed by atoms with Crippen LogP contribution in [0.4, 0.5) is 4.39 Å². The van der Waals surface area contributed by atoms with Gasteiger partial charge in [0.05, 0.1) is 6.04 Å². The van der Waals surface area contributed by atoms with E-state index in [2.05, 4.69) is 23.5 Å². The summed E-state index contributed by atoms with van der Waals surface area (Å²) in [4.78, 5) is 1.14. The average molecular weight is 285 g/mol. The van der Waals surface area contributed by atoms with Gasteiger partial charge in [0.2, 0.25) is 0 Å². The second-order valence-electron chi connectivity index (χ2n) is 4.93. The summed E-state index contributed by atoms with van der Waals surface area (Å²) in [5, 5.41) is 4.44. The maximum absolute atomic E-state index is 14.1. The van der Waals surface area contributed by atoms with Gasteiger partial charge in [-0.05, 0) is 37.6 Å². The van der Waals surface area contributed by atoms with Gasteiger partial charge in [0.25, 0.3) is 0 Å². The number of nitrogens with one attached hydrogen (secondary N) is 1. The summed E-state index contributed by atoms with van der Waals surface area (Å²) < 4.78 is 15.3. The summed E-state index contributed by atoms with van der Waals surface area (Å²) in [5.74, 6) is -0.160. The molecule has 0 fully saturated rings. The van der Waals surface area contributed by atoms with Crippen molar-refractivity contribution in [2.24, 2.45) is 0 Å². The standard InChI is InChI=1S/C17H16FNS/c1-11-7-8-14(18)13(9-11)17(19-2)16-10-12-5-3-4-6-15(12)20-16/h3-10,17,19H,1-2H3. The number of halogens is 1. The molecule has 0 saturated carbocycles. The van der Waals surface area contributed by atoms with Gasteiger partial charge < -0.3 is 5.32 Å². The molecule has 0 aliphatic heterocycles. The molecule has 0 aliphatic carbocycles. The normalized spacial score (nSPS) is 12.8. The number of thiophene rings is 1. The van der Waals surface area contributed by atoms with E-state index < -0.39 is 0 Å². The third kappa shape index (κ3) is 2.35. The highest BCUT2D eigenvalue weighted by Gasteiger charge is 2.18. The van der Waals surface area contributed by atoms with Gasteiger partial charge in [0.15, 0.2) is 0 Å². The second kappa shape index (κ2) is 5.35. The Kier molecular flexibility index (Phi) is 3.55. The Labute approximate surface area is 122 Å². The van der Waals surface area contributed by atoms with Crippen molar-refractivity contribution in [3.05, 3.63) is 70.4 Å². The fourth-order valence-electron chi connectivity index (χ4n) is 2.48. The first-order valence-corrected chi connectivity index (χ1v) is 7.42. The first-order valence-electron chi connectivity index (χ1n) is 6.61. The molecule has 1 unspecified atom stereocenters. The van der Waals surface area contributed by atoms with E-state index in [-0.39, 0.29) is 11.9 Å². The Morgan fingerprint density at radius 2 is 1.90 bits per heavy atom. The van der Waals surface area contributed by atoms with Gasteiger partial charge in [0.1, 0.15) is 5.82 Å². The quantitative estimate of drug-likeness (QED) is 0.738. The van der Waals surface area contributed by atoms with Crippen molar-refractivity contribution in [2.45, 2.75) is 13.0 Å². The van der Waals surface area contributed by atoms with E-state index in [1.54, 1.807) is 23.5 Å². The van der Waals surface area contributed by atoms with Crippen molar-refractivity contribution in [2.75, 3.05) is 7.05 Å². The molecule has 0 radical (unpaired) electrons. The molecule has 0 spiro atoms. The lowest BCUT2D eigenvalue weighted by Crippen LogP contribution is -2.18. The molecule has 1 nitrogen and oxygen atoms in total. The molecular formula is C17H16FNS. The smallest absolute Gasteiger partial charge is 0.128 e. The van der Waals surface area contributed by atoms with E-state index >= 15 is 0 Å². The average Bonchev–Trinajstić information content (AvgIpc) is 2.87. The summed E-state index contributed by atoms with van der Waals surface area (Å²) >= 11 is 1.71. The van der Waals surface area contributed by atoms with Crippen LogP contribution >= 0.6 is 11.3 Å². The predicted octanol–water partition coefficient (Wildman–Crippen LogP) is 4.66. The number of fused-ring (bicyclic) bond motifs is 1. The van der Waals surface area contributed by atoms with Gasteiger partial charge in [0, 0.05) is 15.1 Å². The Morgan fingerprint density at radius 1 is 1.10 bits per heavy atom. The first kappa shape index (κ1) is 13.3. The monoisotopic (exact) mass is 285 g/mol. The summed E-state index contributed by atoms with van der Waals surface area (Å²) in [6, 6.07) is 15.6. The number of hydrogen-bond acceptors (Lipinski definition) is 2. The van der Waals surface area contributed by atoms with Gasteiger partial charge in [-0.3, -0.25) is 0 Å². The Balaban J connectivity index is 2.11. The van der Waals surface area contributed by atoms with Crippen LogP contribution in [0.15, 0.2) is 48.5 Å². The van der Waals surface area contributed by atoms with E-state index in [9.17, 15) is 4.39 Å². The number of hydrogen-bond donors (Lipinski definition) is 1. The van der Waals surface area contributed by atoms with Crippen molar-refractivity contribution in [1.82, 2.24) is 5.32 Å². The van der Waals surface area contributed by atoms with Gasteiger partial charge in [-0.25, -0.2) is 4.39 Å². The summed E-state index contributed by atoms with van der Waals surface area (Å²) in [6.45, 7) is 1.99. The van der Waals surface area contributed by atoms with Crippen LogP contribution in [0.2, 0.25) is 0 Å². The Morgan fingerprint density at radius 3 is 2.65 bits per heavy atom. The van der Waals surface area contributed by atoms with Crippen molar-refractivity contribution in [3.8, 4) is 0 Å². The molecule has 3 rings (SSSR count). The minimum atomic E-state index is -0.160. The van der Waals surface area contributed by atoms with E-state index in [1.807, 2.05) is 32.2 Å². The third-order valence-electron chi connectivity index (χ3n) is 3.48. The molecule has 1 heterocycles. The van der Waals surface area contributed by atoms with Gasteiger partial charge in [-0.2, -0.15) is 0 Å². The molecule has 3 heteroatoms. The van der Waals surface area contributed by atoms with Crippen LogP contribution < -0.4 is 5.32 Å². The lowest BCUT2D eigenvalue weighted by Gasteiger charge is -2.16. The molecule has 1 aromatic heterocycles. The molecule has 1 N–H and O–H groups in total. The largest absolute Gasteiger partial charge is 0.309 e. The number of benzene rings is 2. The van der Waals surface area contributed by atoms with Crippen LogP contribution in [0, 0.1) is 12.7 Å². The zero-order valence-corrected chi connectivity index (χ0v) is 12.3. The van der Waals surface area contributed by atoms with Crippen LogP contribution in [0.3, 0.4) is 0 Å². The van der Waals surface area contributed by atoms with Crippen molar-refractivity contribution in [1.29, 1.82) is 0 Å². The Bertz CT molecular complexity index is 715. The molecule has 0 aliphatic rings. The fraction of sp³-hybridized carbons (Fsp3) is 0.176. The van der Waals surface area contributed by atoms with E-state index in [0.29, 0.717) is 5.56 Å². The van der Waals surface area contributed by atoms with Gasteiger partial charge in [-0.1, -0.05) is 35.9 Å². The summed E-state index contributed by atoms with van der Waals surface area (Å²) in [6.07, 6.45) is 0. The maximum atomic E-state index is 14.1. The molecule has 102 valence electrons. The SMILES string of the molecule is CNC(c1cc2ccccc2s1)c1cc(C)ccc1F. The molecule has 0 amide bonds. The lowest BCUT2D eigenvalue weighted by atomic mass is 10.0. The molecule has 0 bridgehead atoms. The highest BCUT2D eigenvalue weighted by molar-refractivity contribution is 7.19. The molecule has 20 heavy (non-hydrogen) atoms. The van der Waals surface area contributed by atoms with E-state index in [1.165, 1.54) is 10.1 Å². The Hall–Kier alpha value is -1.71. The van der Waals surface area contributed by atoms with Crippen LogP contribution in [0.5, 0.6) is 0 Å². The maximum Gasteiger partial charge on any atom is 0.128 e. The van der Waals surface area contributed by atoms with Crippen molar-refractivity contribution >= 4 is 21.4 Å². The van der Waals surface area contributed by atoms with Crippen LogP contribution in [-0.4, -0.2) is 7.05 Å². The number of aryl methyl sites for hydroxylation is 1. The van der Waals surface area contributed by atoms with Gasteiger partial charge in [-0.15, -0.1) is 11.3 Å². The molecule has 0 saturated heterocycles. The zero-order chi connectivity index (χ0) is 14.1. The third-order valence-corrected chi connectivity index (χ3v) is 4.66. The van der Waals surface area contributed by atoms with Crippen LogP contribution in [0.1, 0.15) is 22.0 Å². The molecule has 2 aromatic carbocycles. The highest BCUT2D eigenvalue weighted by Crippen LogP contribution is 2.34. The number of rotatable bonds is 3. The fourth-order valence-corrected chi connectivity index (χ4v) is 3.67.